The second-order valence-electron chi connectivity index (χ2n) is 16.0. The van der Waals surface area contributed by atoms with E-state index in [1.54, 1.807) is 6.20 Å². The topological polar surface area (TPSA) is 38.7 Å². The molecule has 3 heteroatoms. The Labute approximate surface area is 344 Å². The molecule has 8 aromatic carbocycles. The van der Waals surface area contributed by atoms with Gasteiger partial charge in [-0.15, -0.1) is 0 Å². The normalized spacial score (nSPS) is 12.7. The molecular weight excluding hydrogens is 715 g/mol. The molecule has 0 unspecified atom stereocenters. The second-order valence-corrected chi connectivity index (χ2v) is 16.0. The fourth-order valence-electron chi connectivity index (χ4n) is 9.22. The predicted molar refractivity (Wildman–Crippen MR) is 245 cm³/mol. The molecule has 2 heterocycles. The number of fused-ring (bicyclic) bond motifs is 6. The molecule has 59 heavy (non-hydrogen) atoms. The largest absolute Gasteiger partial charge is 0.264 e. The van der Waals surface area contributed by atoms with Crippen molar-refractivity contribution in [3.63, 3.8) is 0 Å². The molecule has 0 aliphatic heterocycles. The van der Waals surface area contributed by atoms with E-state index in [4.69, 9.17) is 9.97 Å². The highest BCUT2D eigenvalue weighted by Crippen LogP contribution is 2.52. The van der Waals surface area contributed by atoms with Crippen molar-refractivity contribution in [1.82, 2.24) is 15.0 Å². The lowest BCUT2D eigenvalue weighted by atomic mass is 9.80. The van der Waals surface area contributed by atoms with Crippen molar-refractivity contribution >= 4 is 21.5 Å². The average Bonchev–Trinajstić information content (AvgIpc) is 3.54. The first-order valence-electron chi connectivity index (χ1n) is 20.2. The number of hydrogen-bond donors (Lipinski definition) is 0. The van der Waals surface area contributed by atoms with E-state index in [1.165, 1.54) is 55.3 Å². The number of hydrogen-bond acceptors (Lipinski definition) is 3. The molecule has 10 aromatic rings. The Hall–Kier alpha value is -7.49. The summed E-state index contributed by atoms with van der Waals surface area (Å²) in [5, 5.41) is 4.92. The third kappa shape index (κ3) is 5.94. The van der Waals surface area contributed by atoms with Crippen LogP contribution in [-0.2, 0) is 5.41 Å². The molecule has 278 valence electrons. The van der Waals surface area contributed by atoms with Crippen molar-refractivity contribution in [3.05, 3.63) is 212 Å². The molecule has 0 amide bonds. The second kappa shape index (κ2) is 13.9. The number of nitrogens with zero attached hydrogens (tertiary/aromatic N) is 3. The maximum atomic E-state index is 5.24. The monoisotopic (exact) mass is 753 g/mol. The summed E-state index contributed by atoms with van der Waals surface area (Å²) in [5.41, 5.74) is 17.3. The van der Waals surface area contributed by atoms with Crippen LogP contribution in [0.5, 0.6) is 0 Å². The van der Waals surface area contributed by atoms with Crippen LogP contribution in [0.15, 0.2) is 200 Å². The fourth-order valence-corrected chi connectivity index (χ4v) is 9.22. The number of rotatable bonds is 6. The number of pyridine rings is 1. The van der Waals surface area contributed by atoms with Crippen molar-refractivity contribution in [2.45, 2.75) is 19.3 Å². The van der Waals surface area contributed by atoms with Crippen LogP contribution < -0.4 is 0 Å². The first-order valence-corrected chi connectivity index (χ1v) is 20.2. The molecule has 0 atom stereocenters. The SMILES string of the molecule is CC1(C)c2ccc(-c3ccc(-c4ccc(-c5nc(-c6ccccc6)cc(-c6ccc(-c7cccnc7)cc6)n5)c5ccccc45)cc3)cc2-c2ccc3ccccc3c21. The Kier molecular flexibility index (Phi) is 8.16. The molecule has 0 bridgehead atoms. The lowest BCUT2D eigenvalue weighted by molar-refractivity contribution is 0.666. The highest BCUT2D eigenvalue weighted by Gasteiger charge is 2.37. The van der Waals surface area contributed by atoms with E-state index in [-0.39, 0.29) is 5.41 Å². The van der Waals surface area contributed by atoms with Gasteiger partial charge in [0.05, 0.1) is 11.4 Å². The van der Waals surface area contributed by atoms with Gasteiger partial charge in [-0.1, -0.05) is 178 Å². The number of aromatic nitrogens is 3. The van der Waals surface area contributed by atoms with Gasteiger partial charge in [0.1, 0.15) is 0 Å². The summed E-state index contributed by atoms with van der Waals surface area (Å²) in [7, 11) is 0. The highest BCUT2D eigenvalue weighted by atomic mass is 14.9. The molecule has 11 rings (SSSR count). The summed E-state index contributed by atoms with van der Waals surface area (Å²) in [6.07, 6.45) is 3.69. The Bertz CT molecular complexity index is 3200. The third-order valence-electron chi connectivity index (χ3n) is 12.2. The molecule has 0 saturated heterocycles. The smallest absolute Gasteiger partial charge is 0.161 e. The minimum atomic E-state index is -0.0666. The molecule has 0 spiro atoms. The Balaban J connectivity index is 0.964. The van der Waals surface area contributed by atoms with Crippen LogP contribution in [0.3, 0.4) is 0 Å². The van der Waals surface area contributed by atoms with E-state index in [2.05, 4.69) is 195 Å². The lowest BCUT2D eigenvalue weighted by Gasteiger charge is -2.23. The zero-order chi connectivity index (χ0) is 39.5. The van der Waals surface area contributed by atoms with Crippen molar-refractivity contribution in [1.29, 1.82) is 0 Å². The fraction of sp³-hybridized carbons (Fsp3) is 0.0536. The van der Waals surface area contributed by atoms with E-state index in [0.717, 1.165) is 50.0 Å². The van der Waals surface area contributed by atoms with Crippen molar-refractivity contribution < 1.29 is 0 Å². The molecular formula is C56H39N3. The van der Waals surface area contributed by atoms with Gasteiger partial charge in [0.15, 0.2) is 5.82 Å². The van der Waals surface area contributed by atoms with E-state index in [0.29, 0.717) is 5.82 Å². The van der Waals surface area contributed by atoms with Crippen LogP contribution >= 0.6 is 0 Å². The Morgan fingerprint density at radius 1 is 0.373 bits per heavy atom. The zero-order valence-corrected chi connectivity index (χ0v) is 32.9. The molecule has 0 radical (unpaired) electrons. The summed E-state index contributed by atoms with van der Waals surface area (Å²) >= 11 is 0. The average molecular weight is 754 g/mol. The van der Waals surface area contributed by atoms with Crippen molar-refractivity contribution in [2.75, 3.05) is 0 Å². The Morgan fingerprint density at radius 3 is 1.66 bits per heavy atom. The van der Waals surface area contributed by atoms with Gasteiger partial charge >= 0.3 is 0 Å². The lowest BCUT2D eigenvalue weighted by Crippen LogP contribution is -2.15. The van der Waals surface area contributed by atoms with Crippen LogP contribution in [0.2, 0.25) is 0 Å². The van der Waals surface area contributed by atoms with Gasteiger partial charge in [-0.3, -0.25) is 4.98 Å². The van der Waals surface area contributed by atoms with Gasteiger partial charge in [-0.05, 0) is 101 Å². The van der Waals surface area contributed by atoms with Crippen LogP contribution in [0.25, 0.3) is 100.0 Å². The predicted octanol–water partition coefficient (Wildman–Crippen LogP) is 14.5. The van der Waals surface area contributed by atoms with Crippen molar-refractivity contribution in [3.8, 4) is 78.4 Å². The quantitative estimate of drug-likeness (QED) is 0.170. The first-order chi connectivity index (χ1) is 29.0. The van der Waals surface area contributed by atoms with Gasteiger partial charge in [-0.25, -0.2) is 9.97 Å². The van der Waals surface area contributed by atoms with Crippen LogP contribution in [0, 0.1) is 0 Å². The molecule has 1 aliphatic carbocycles. The van der Waals surface area contributed by atoms with Crippen molar-refractivity contribution in [2.24, 2.45) is 0 Å². The van der Waals surface area contributed by atoms with E-state index in [9.17, 15) is 0 Å². The molecule has 0 N–H and O–H groups in total. The Morgan fingerprint density at radius 2 is 0.932 bits per heavy atom. The number of benzene rings is 8. The maximum Gasteiger partial charge on any atom is 0.161 e. The van der Waals surface area contributed by atoms with Gasteiger partial charge in [0.2, 0.25) is 0 Å². The first kappa shape index (κ1) is 34.7. The van der Waals surface area contributed by atoms with Crippen LogP contribution in [0.1, 0.15) is 25.0 Å². The van der Waals surface area contributed by atoms with Crippen LogP contribution in [0.4, 0.5) is 0 Å². The molecule has 0 fully saturated rings. The summed E-state index contributed by atoms with van der Waals surface area (Å²) in [6.45, 7) is 4.73. The van der Waals surface area contributed by atoms with Gasteiger partial charge in [0.25, 0.3) is 0 Å². The highest BCUT2D eigenvalue weighted by molar-refractivity contribution is 6.04. The van der Waals surface area contributed by atoms with Gasteiger partial charge < -0.3 is 0 Å². The maximum absolute atomic E-state index is 5.24. The molecule has 0 saturated carbocycles. The zero-order valence-electron chi connectivity index (χ0n) is 32.9. The summed E-state index contributed by atoms with van der Waals surface area (Å²) in [4.78, 5) is 14.7. The van der Waals surface area contributed by atoms with Crippen LogP contribution in [-0.4, -0.2) is 15.0 Å². The van der Waals surface area contributed by atoms with Gasteiger partial charge in [0, 0.05) is 34.5 Å². The summed E-state index contributed by atoms with van der Waals surface area (Å²) in [5.74, 6) is 0.699. The summed E-state index contributed by atoms with van der Waals surface area (Å²) < 4.78 is 0. The minimum absolute atomic E-state index is 0.0666. The standard InChI is InChI=1S/C56H39N3/c1-56(2)51-31-27-42(33-50(51)48-28-26-38-11-6-7-15-45(38)54(48)56)36-18-22-39(23-19-36)44-29-30-49(47-17-9-8-16-46(44)47)55-58-52(40-12-4-3-5-13-40)34-53(59-55)41-24-20-37(21-25-41)43-14-10-32-57-35-43/h3-35H,1-2H3. The van der Waals surface area contributed by atoms with E-state index >= 15 is 0 Å². The van der Waals surface area contributed by atoms with E-state index in [1.807, 2.05) is 18.3 Å². The van der Waals surface area contributed by atoms with Gasteiger partial charge in [-0.2, -0.15) is 0 Å². The third-order valence-corrected chi connectivity index (χ3v) is 12.2. The molecule has 1 aliphatic rings. The van der Waals surface area contributed by atoms with E-state index < -0.39 is 0 Å². The molecule has 2 aromatic heterocycles. The summed E-state index contributed by atoms with van der Waals surface area (Å²) in [6, 6.07) is 67.5. The minimum Gasteiger partial charge on any atom is -0.264 e. The molecule has 3 nitrogen and oxygen atoms in total.